The summed E-state index contributed by atoms with van der Waals surface area (Å²) in [7, 11) is 0. The smallest absolute Gasteiger partial charge is 0.405 e. The molecule has 0 unspecified atom stereocenters. The highest BCUT2D eigenvalue weighted by Gasteiger charge is 2.32. The Morgan fingerprint density at radius 3 is 2.50 bits per heavy atom. The number of para-hydroxylation sites is 1. The molecule has 0 N–H and O–H groups in total. The molecule has 0 aliphatic heterocycles. The first-order valence-electron chi connectivity index (χ1n) is 6.95. The van der Waals surface area contributed by atoms with Crippen LogP contribution in [0.2, 0.25) is 0 Å². The Hall–Kier alpha value is -2.30. The largest absolute Gasteiger partial charge is 0.573 e. The van der Waals surface area contributed by atoms with Gasteiger partial charge in [-0.3, -0.25) is 4.79 Å². The standard InChI is InChI=1S/C17H13F3O2/c18-17(19,20)22-16-7-2-1-5-14(16)12-8-9-13-11(10-12)4-3-6-15(13)21/h1-2,5,7-10H,3-4,6H2. The SMILES string of the molecule is O=C1CCCc2cc(-c3ccccc3OC(F)(F)F)ccc21. The van der Waals surface area contributed by atoms with Crippen molar-refractivity contribution in [1.82, 2.24) is 0 Å². The van der Waals surface area contributed by atoms with Crippen LogP contribution >= 0.6 is 0 Å². The molecule has 0 saturated carbocycles. The molecule has 0 bridgehead atoms. The van der Waals surface area contributed by atoms with E-state index < -0.39 is 6.36 Å². The predicted molar refractivity (Wildman–Crippen MR) is 75.8 cm³/mol. The van der Waals surface area contributed by atoms with Gasteiger partial charge in [-0.1, -0.05) is 36.4 Å². The van der Waals surface area contributed by atoms with Gasteiger partial charge in [0.15, 0.2) is 5.78 Å². The summed E-state index contributed by atoms with van der Waals surface area (Å²) in [4.78, 5) is 11.8. The number of halogens is 3. The minimum absolute atomic E-state index is 0.0904. The molecule has 0 saturated heterocycles. The van der Waals surface area contributed by atoms with Crippen LogP contribution in [-0.2, 0) is 6.42 Å². The average Bonchev–Trinajstić information content (AvgIpc) is 2.46. The van der Waals surface area contributed by atoms with Gasteiger partial charge in [-0.2, -0.15) is 0 Å². The first-order chi connectivity index (χ1) is 10.4. The van der Waals surface area contributed by atoms with Gasteiger partial charge in [0.25, 0.3) is 0 Å². The summed E-state index contributed by atoms with van der Waals surface area (Å²) in [6, 6.07) is 11.2. The molecule has 0 radical (unpaired) electrons. The molecule has 0 heterocycles. The molecular weight excluding hydrogens is 293 g/mol. The number of hydrogen-bond donors (Lipinski definition) is 0. The van der Waals surface area contributed by atoms with Gasteiger partial charge in [0, 0.05) is 17.5 Å². The topological polar surface area (TPSA) is 26.3 Å². The van der Waals surface area contributed by atoms with Crippen molar-refractivity contribution < 1.29 is 22.7 Å². The number of aryl methyl sites for hydroxylation is 1. The number of hydrogen-bond acceptors (Lipinski definition) is 2. The number of benzene rings is 2. The van der Waals surface area contributed by atoms with E-state index >= 15 is 0 Å². The summed E-state index contributed by atoms with van der Waals surface area (Å²) in [6.45, 7) is 0. The van der Waals surface area contributed by atoms with Crippen molar-refractivity contribution in [1.29, 1.82) is 0 Å². The maximum absolute atomic E-state index is 12.5. The zero-order valence-corrected chi connectivity index (χ0v) is 11.6. The fraction of sp³-hybridized carbons (Fsp3) is 0.235. The summed E-state index contributed by atoms with van der Waals surface area (Å²) >= 11 is 0. The summed E-state index contributed by atoms with van der Waals surface area (Å²) in [5, 5.41) is 0. The van der Waals surface area contributed by atoms with Gasteiger partial charge >= 0.3 is 6.36 Å². The highest BCUT2D eigenvalue weighted by Crippen LogP contribution is 2.35. The van der Waals surface area contributed by atoms with E-state index in [1.807, 2.05) is 0 Å². The van der Waals surface area contributed by atoms with Gasteiger partial charge in [-0.05, 0) is 30.0 Å². The van der Waals surface area contributed by atoms with Crippen molar-refractivity contribution in [2.75, 3.05) is 0 Å². The van der Waals surface area contributed by atoms with Crippen LogP contribution in [0.3, 0.4) is 0 Å². The van der Waals surface area contributed by atoms with Crippen LogP contribution in [0.5, 0.6) is 5.75 Å². The summed E-state index contributed by atoms with van der Waals surface area (Å²) in [6.07, 6.45) is -2.67. The third-order valence-electron chi connectivity index (χ3n) is 3.68. The second-order valence-corrected chi connectivity index (χ2v) is 5.19. The van der Waals surface area contributed by atoms with Gasteiger partial charge in [0.1, 0.15) is 5.75 Å². The average molecular weight is 306 g/mol. The van der Waals surface area contributed by atoms with Crippen LogP contribution in [0.4, 0.5) is 13.2 Å². The number of alkyl halides is 3. The van der Waals surface area contributed by atoms with Crippen molar-refractivity contribution >= 4 is 5.78 Å². The number of ketones is 1. The van der Waals surface area contributed by atoms with Crippen molar-refractivity contribution in [3.8, 4) is 16.9 Å². The minimum Gasteiger partial charge on any atom is -0.405 e. The van der Waals surface area contributed by atoms with Gasteiger partial charge in [0.05, 0.1) is 0 Å². The van der Waals surface area contributed by atoms with Crippen molar-refractivity contribution in [2.45, 2.75) is 25.6 Å². The highest BCUT2D eigenvalue weighted by molar-refractivity contribution is 5.99. The third kappa shape index (κ3) is 2.98. The lowest BCUT2D eigenvalue weighted by molar-refractivity contribution is -0.274. The second-order valence-electron chi connectivity index (χ2n) is 5.19. The van der Waals surface area contributed by atoms with E-state index in [1.54, 1.807) is 30.3 Å². The Kier molecular flexibility index (Phi) is 3.64. The van der Waals surface area contributed by atoms with Crippen molar-refractivity contribution in [3.05, 3.63) is 53.6 Å². The quantitative estimate of drug-likeness (QED) is 0.798. The molecule has 2 aromatic carbocycles. The molecule has 2 aromatic rings. The van der Waals surface area contributed by atoms with E-state index in [2.05, 4.69) is 4.74 Å². The summed E-state index contributed by atoms with van der Waals surface area (Å²) in [5.74, 6) is -0.148. The minimum atomic E-state index is -4.74. The Bertz CT molecular complexity index is 720. The Balaban J connectivity index is 2.03. The summed E-state index contributed by atoms with van der Waals surface area (Å²) < 4.78 is 41.6. The van der Waals surface area contributed by atoms with Crippen LogP contribution in [0.1, 0.15) is 28.8 Å². The third-order valence-corrected chi connectivity index (χ3v) is 3.68. The first kappa shape index (κ1) is 14.6. The molecule has 1 aliphatic rings. The maximum atomic E-state index is 12.5. The second kappa shape index (κ2) is 5.48. The van der Waals surface area contributed by atoms with E-state index in [-0.39, 0.29) is 11.5 Å². The van der Waals surface area contributed by atoms with Gasteiger partial charge < -0.3 is 4.74 Å². The number of fused-ring (bicyclic) bond motifs is 1. The molecule has 0 fully saturated rings. The van der Waals surface area contributed by atoms with Crippen LogP contribution in [0.25, 0.3) is 11.1 Å². The van der Waals surface area contributed by atoms with Gasteiger partial charge in [0.2, 0.25) is 0 Å². The fourth-order valence-corrected chi connectivity index (χ4v) is 2.73. The zero-order chi connectivity index (χ0) is 15.7. The molecule has 2 nitrogen and oxygen atoms in total. The molecule has 3 rings (SSSR count). The number of ether oxygens (including phenoxy) is 1. The molecule has 22 heavy (non-hydrogen) atoms. The monoisotopic (exact) mass is 306 g/mol. The first-order valence-corrected chi connectivity index (χ1v) is 6.95. The highest BCUT2D eigenvalue weighted by atomic mass is 19.4. The van der Waals surface area contributed by atoms with E-state index in [9.17, 15) is 18.0 Å². The van der Waals surface area contributed by atoms with Crippen molar-refractivity contribution in [2.24, 2.45) is 0 Å². The Labute approximate surface area is 125 Å². The number of rotatable bonds is 2. The van der Waals surface area contributed by atoms with Crippen LogP contribution in [0, 0.1) is 0 Å². The molecule has 114 valence electrons. The molecule has 5 heteroatoms. The number of carbonyl (C=O) groups is 1. The van der Waals surface area contributed by atoms with Crippen LogP contribution < -0.4 is 4.74 Å². The summed E-state index contributed by atoms with van der Waals surface area (Å²) in [5.41, 5.74) is 2.54. The molecular formula is C17H13F3O2. The van der Waals surface area contributed by atoms with Crippen molar-refractivity contribution in [3.63, 3.8) is 0 Å². The predicted octanol–water partition coefficient (Wildman–Crippen LogP) is 4.77. The van der Waals surface area contributed by atoms with E-state index in [1.165, 1.54) is 12.1 Å². The lowest BCUT2D eigenvalue weighted by Gasteiger charge is -2.17. The van der Waals surface area contributed by atoms with Gasteiger partial charge in [-0.25, -0.2) is 0 Å². The normalized spacial score (nSPS) is 14.6. The molecule has 0 spiro atoms. The van der Waals surface area contributed by atoms with E-state index in [4.69, 9.17) is 0 Å². The van der Waals surface area contributed by atoms with E-state index in [0.29, 0.717) is 23.1 Å². The lowest BCUT2D eigenvalue weighted by atomic mass is 9.88. The fourth-order valence-electron chi connectivity index (χ4n) is 2.73. The maximum Gasteiger partial charge on any atom is 0.573 e. The molecule has 1 aliphatic carbocycles. The molecule has 0 aromatic heterocycles. The van der Waals surface area contributed by atoms with Crippen LogP contribution in [-0.4, -0.2) is 12.1 Å². The molecule has 0 amide bonds. The molecule has 0 atom stereocenters. The van der Waals surface area contributed by atoms with Crippen LogP contribution in [0.15, 0.2) is 42.5 Å². The Morgan fingerprint density at radius 1 is 0.955 bits per heavy atom. The zero-order valence-electron chi connectivity index (χ0n) is 11.6. The van der Waals surface area contributed by atoms with E-state index in [0.717, 1.165) is 18.4 Å². The van der Waals surface area contributed by atoms with Gasteiger partial charge in [-0.15, -0.1) is 13.2 Å². The number of Topliss-reactive ketones (excluding diaryl/α,β-unsaturated/α-hetero) is 1. The Morgan fingerprint density at radius 2 is 1.73 bits per heavy atom. The lowest BCUT2D eigenvalue weighted by Crippen LogP contribution is -2.17. The number of carbonyl (C=O) groups excluding carboxylic acids is 1.